The van der Waals surface area contributed by atoms with Crippen molar-refractivity contribution < 1.29 is 28.5 Å². The number of nitrogens with two attached hydrogens (primary N) is 2. The summed E-state index contributed by atoms with van der Waals surface area (Å²) >= 11 is 0. The molecule has 4 aromatic carbocycles. The van der Waals surface area contributed by atoms with Crippen molar-refractivity contribution in [1.82, 2.24) is 51.0 Å². The molecule has 6 aromatic rings. The van der Waals surface area contributed by atoms with Crippen LogP contribution in [0.4, 0.5) is 23.5 Å². The van der Waals surface area contributed by atoms with Gasteiger partial charge in [0.25, 0.3) is 11.8 Å². The van der Waals surface area contributed by atoms with Crippen molar-refractivity contribution in [3.05, 3.63) is 95.1 Å². The van der Waals surface area contributed by atoms with Crippen LogP contribution in [0.5, 0.6) is 23.0 Å². The zero-order valence-electron chi connectivity index (χ0n) is 48.3. The summed E-state index contributed by atoms with van der Waals surface area (Å²) in [5.41, 5.74) is 17.8. The topological polar surface area (TPSA) is 236 Å². The van der Waals surface area contributed by atoms with Gasteiger partial charge in [-0.25, -0.2) is 9.97 Å². The summed E-state index contributed by atoms with van der Waals surface area (Å²) in [6.45, 7) is 12.5. The highest BCUT2D eigenvalue weighted by Gasteiger charge is 2.27. The van der Waals surface area contributed by atoms with E-state index >= 15 is 0 Å². The van der Waals surface area contributed by atoms with Gasteiger partial charge in [-0.2, -0.15) is 9.97 Å². The maximum absolute atomic E-state index is 13.4. The van der Waals surface area contributed by atoms with Crippen LogP contribution in [0.3, 0.4) is 0 Å². The number of piperazine rings is 2. The Labute approximate surface area is 491 Å². The van der Waals surface area contributed by atoms with Crippen LogP contribution in [-0.4, -0.2) is 173 Å². The van der Waals surface area contributed by atoms with Crippen LogP contribution >= 0.6 is 21.6 Å². The van der Waals surface area contributed by atoms with Gasteiger partial charge in [0, 0.05) is 124 Å². The minimum atomic E-state index is 0.0381. The summed E-state index contributed by atoms with van der Waals surface area (Å²) in [4.78, 5) is 53.3. The second-order valence-corrected chi connectivity index (χ2v) is 23.2. The molecule has 2 fully saturated rings. The summed E-state index contributed by atoms with van der Waals surface area (Å²) in [5, 5.41) is 15.8. The fraction of sp³-hybridized carbons (Fsp3) is 0.500. The van der Waals surface area contributed by atoms with Gasteiger partial charge >= 0.3 is 0 Å². The number of nitrogens with zero attached hydrogens (tertiary/aromatic N) is 8. The lowest BCUT2D eigenvalue weighted by molar-refractivity contribution is 0.0739. The Morgan fingerprint density at radius 2 is 0.793 bits per heavy atom. The molecule has 0 unspecified atom stereocenters. The molecule has 2 aliphatic heterocycles. The van der Waals surface area contributed by atoms with Crippen molar-refractivity contribution in [2.75, 3.05) is 153 Å². The predicted molar refractivity (Wildman–Crippen MR) is 334 cm³/mol. The molecule has 2 amide bonds. The second kappa shape index (κ2) is 32.3. The normalized spacial score (nSPS) is 13.8. The largest absolute Gasteiger partial charge is 0.493 e. The van der Waals surface area contributed by atoms with Gasteiger partial charge in [-0.3, -0.25) is 9.59 Å². The number of amides is 2. The van der Waals surface area contributed by atoms with Crippen LogP contribution in [0.1, 0.15) is 83.2 Å². The first kappa shape index (κ1) is 61.5. The molecule has 20 nitrogen and oxygen atoms in total. The fourth-order valence-electron chi connectivity index (χ4n) is 10.1. The number of fused-ring (bicyclic) bond motifs is 2. The van der Waals surface area contributed by atoms with E-state index < -0.39 is 0 Å². The van der Waals surface area contributed by atoms with Crippen molar-refractivity contribution in [3.8, 4) is 23.0 Å². The summed E-state index contributed by atoms with van der Waals surface area (Å²) in [5.74, 6) is 6.47. The molecule has 4 heterocycles. The standard InChI is InChI=1S/C60H84N14O6S2/c1-77-51-37-47-49(39-53(51)79-3)67-59(69-55(47)61)73-31-27-71(28-32-73)57(75)45-17-13-43(14-18-45)41-65-23-11-7-5-9-21-63-25-35-81-82-36-26-64-22-10-6-8-12-24-66-42-44-15-19-46(20-16-44)58(76)72-29-33-74(34-30-72)60-68-50-40-54(80-4)52(78-2)38-48(50)56(62)70-60/h13-20,37-40,63-66H,5-12,21-36,41-42H2,1-4H3,(H2,61,67,69)(H2,62,68,70). The molecule has 0 saturated carbocycles. The minimum Gasteiger partial charge on any atom is -0.493 e. The molecule has 0 aliphatic carbocycles. The highest BCUT2D eigenvalue weighted by molar-refractivity contribution is 8.76. The minimum absolute atomic E-state index is 0.0381. The molecule has 0 spiro atoms. The van der Waals surface area contributed by atoms with E-state index in [-0.39, 0.29) is 11.8 Å². The zero-order valence-corrected chi connectivity index (χ0v) is 49.9. The Morgan fingerprint density at radius 1 is 0.451 bits per heavy atom. The number of methoxy groups -OCH3 is 4. The number of hydrogen-bond acceptors (Lipinski definition) is 20. The van der Waals surface area contributed by atoms with E-state index in [1.54, 1.807) is 40.6 Å². The summed E-state index contributed by atoms with van der Waals surface area (Å²) in [7, 11) is 10.3. The third kappa shape index (κ3) is 17.5. The molecule has 8 rings (SSSR count). The molecule has 0 atom stereocenters. The molecular weight excluding hydrogens is 1080 g/mol. The van der Waals surface area contributed by atoms with Gasteiger partial charge in [0.1, 0.15) is 11.6 Å². The lowest BCUT2D eigenvalue weighted by atomic mass is 10.1. The fourth-order valence-corrected chi connectivity index (χ4v) is 12.0. The summed E-state index contributed by atoms with van der Waals surface area (Å²) in [6, 6.07) is 23.2. The maximum atomic E-state index is 13.4. The number of hydrogen-bond donors (Lipinski definition) is 6. The molecule has 0 bridgehead atoms. The van der Waals surface area contributed by atoms with Crippen LogP contribution in [0.15, 0.2) is 72.8 Å². The number of nitrogen functional groups attached to an aromatic ring is 2. The zero-order chi connectivity index (χ0) is 57.5. The first-order valence-electron chi connectivity index (χ1n) is 28.9. The number of anilines is 4. The number of unbranched alkanes of at least 4 members (excludes halogenated alkanes) is 6. The van der Waals surface area contributed by atoms with Crippen LogP contribution in [-0.2, 0) is 13.1 Å². The average molecular weight is 1160 g/mol. The molecule has 0 radical (unpaired) electrons. The molecular formula is C60H84N14O6S2. The SMILES string of the molecule is COc1cc2nc(N3CCN(C(=O)c4ccc(CNCCCCCCNCCSSCCNCCCCCCNCc5ccc(C(=O)N6CCN(c7nc(N)c8cc(OC)c(OC)cc8n7)CC6)cc5)cc4)CC3)nc(N)c2cc1OC. The van der Waals surface area contributed by atoms with Gasteiger partial charge in [0.2, 0.25) is 11.9 Å². The molecule has 2 aliphatic rings. The van der Waals surface area contributed by atoms with Crippen LogP contribution in [0, 0.1) is 0 Å². The number of carbonyl (C=O) groups excluding carboxylic acids is 2. The first-order valence-corrected chi connectivity index (χ1v) is 31.4. The molecule has 2 aromatic heterocycles. The van der Waals surface area contributed by atoms with Crippen molar-refractivity contribution in [2.45, 2.75) is 64.5 Å². The van der Waals surface area contributed by atoms with Gasteiger partial charge in [0.05, 0.1) is 39.5 Å². The average Bonchev–Trinajstić information content (AvgIpc) is 3.55. The quantitative estimate of drug-likeness (QED) is 0.0176. The number of nitrogens with one attached hydrogen (secondary N) is 4. The van der Waals surface area contributed by atoms with E-state index in [9.17, 15) is 9.59 Å². The Balaban J connectivity index is 0.557. The summed E-state index contributed by atoms with van der Waals surface area (Å²) < 4.78 is 21.7. The van der Waals surface area contributed by atoms with E-state index in [4.69, 9.17) is 40.4 Å². The van der Waals surface area contributed by atoms with E-state index in [0.717, 1.165) is 76.7 Å². The van der Waals surface area contributed by atoms with Crippen LogP contribution < -0.4 is 61.5 Å². The Kier molecular flexibility index (Phi) is 24.3. The number of aromatic nitrogens is 4. The van der Waals surface area contributed by atoms with Crippen molar-refractivity contribution in [3.63, 3.8) is 0 Å². The second-order valence-electron chi connectivity index (χ2n) is 20.5. The van der Waals surface area contributed by atoms with Crippen molar-refractivity contribution >= 4 is 78.7 Å². The third-order valence-electron chi connectivity index (χ3n) is 14.9. The molecule has 8 N–H and O–H groups in total. The summed E-state index contributed by atoms with van der Waals surface area (Å²) in [6.07, 6.45) is 9.64. The number of ether oxygens (including phenoxy) is 4. The van der Waals surface area contributed by atoms with Crippen LogP contribution in [0.2, 0.25) is 0 Å². The molecule has 22 heteroatoms. The van der Waals surface area contributed by atoms with E-state index in [0.29, 0.717) is 132 Å². The number of benzene rings is 4. The highest BCUT2D eigenvalue weighted by Crippen LogP contribution is 2.36. The number of rotatable bonds is 33. The molecule has 442 valence electrons. The Hall–Kier alpha value is -6.56. The molecule has 82 heavy (non-hydrogen) atoms. The van der Waals surface area contributed by atoms with E-state index in [1.807, 2.05) is 67.8 Å². The monoisotopic (exact) mass is 1160 g/mol. The first-order chi connectivity index (χ1) is 40.2. The number of carbonyl (C=O) groups is 2. The van der Waals surface area contributed by atoms with Crippen molar-refractivity contribution in [1.29, 1.82) is 0 Å². The lowest BCUT2D eigenvalue weighted by Crippen LogP contribution is -2.49. The Morgan fingerprint density at radius 3 is 1.15 bits per heavy atom. The highest BCUT2D eigenvalue weighted by atomic mass is 33.1. The van der Waals surface area contributed by atoms with Crippen molar-refractivity contribution in [2.24, 2.45) is 0 Å². The van der Waals surface area contributed by atoms with Gasteiger partial charge in [0.15, 0.2) is 23.0 Å². The van der Waals surface area contributed by atoms with E-state index in [2.05, 4.69) is 65.3 Å². The van der Waals surface area contributed by atoms with Crippen LogP contribution in [0.25, 0.3) is 21.8 Å². The van der Waals surface area contributed by atoms with E-state index in [1.165, 1.54) is 49.7 Å². The Bertz CT molecular complexity index is 2770. The lowest BCUT2D eigenvalue weighted by Gasteiger charge is -2.35. The molecule has 2 saturated heterocycles. The van der Waals surface area contributed by atoms with Gasteiger partial charge < -0.3 is 71.3 Å². The van der Waals surface area contributed by atoms with Gasteiger partial charge in [-0.05, 0) is 99.4 Å². The van der Waals surface area contributed by atoms with Gasteiger partial charge in [-0.1, -0.05) is 71.5 Å². The third-order valence-corrected chi connectivity index (χ3v) is 17.3. The smallest absolute Gasteiger partial charge is 0.253 e. The predicted octanol–water partition coefficient (Wildman–Crippen LogP) is 7.26. The maximum Gasteiger partial charge on any atom is 0.253 e. The van der Waals surface area contributed by atoms with Gasteiger partial charge in [-0.15, -0.1) is 0 Å².